The molecule has 47 heavy (non-hydrogen) atoms. The molecule has 2 N–H and O–H groups in total. The molecule has 0 radical (unpaired) electrons. The van der Waals surface area contributed by atoms with Crippen LogP contribution in [0.4, 0.5) is 5.69 Å². The predicted octanol–water partition coefficient (Wildman–Crippen LogP) is 6.36. The van der Waals surface area contributed by atoms with Gasteiger partial charge >= 0.3 is 5.89 Å². The van der Waals surface area contributed by atoms with E-state index in [0.717, 1.165) is 33.5 Å². The fraction of sp³-hybridized carbons (Fsp3) is 0.171. The van der Waals surface area contributed by atoms with Crippen LogP contribution in [0, 0.1) is 0 Å². The summed E-state index contributed by atoms with van der Waals surface area (Å²) in [5.41, 5.74) is 6.10. The smallest absolute Gasteiger partial charge is 0.374 e. The maximum Gasteiger partial charge on any atom is 0.374 e. The Morgan fingerprint density at radius 3 is 2.00 bits per heavy atom. The first-order valence-corrected chi connectivity index (χ1v) is 18.2. The predicted molar refractivity (Wildman–Crippen MR) is 181 cm³/mol. The molecule has 5 aromatic rings. The summed E-state index contributed by atoms with van der Waals surface area (Å²) in [6, 6.07) is 31.3. The summed E-state index contributed by atoms with van der Waals surface area (Å²) in [6.07, 6.45) is 5.55. The van der Waals surface area contributed by atoms with Gasteiger partial charge in [-0.1, -0.05) is 72.8 Å². The van der Waals surface area contributed by atoms with Gasteiger partial charge in [-0.25, -0.2) is 0 Å². The molecular formula is C35H33N2O8S2+. The molecule has 0 atom stereocenters. The number of nitrogens with zero attached hydrogens (tertiary/aromatic N) is 2. The molecule has 6 rings (SSSR count). The number of anilines is 1. The van der Waals surface area contributed by atoms with Crippen molar-refractivity contribution in [2.24, 2.45) is 0 Å². The second kappa shape index (κ2) is 13.5. The summed E-state index contributed by atoms with van der Waals surface area (Å²) in [5, 5.41) is 0. The van der Waals surface area contributed by atoms with Crippen molar-refractivity contribution < 1.29 is 39.7 Å². The van der Waals surface area contributed by atoms with E-state index in [9.17, 15) is 25.9 Å². The summed E-state index contributed by atoms with van der Waals surface area (Å²) in [7, 11) is -8.28. The molecule has 10 nitrogen and oxygen atoms in total. The number of fused-ring (bicyclic) bond motifs is 2. The van der Waals surface area contributed by atoms with Crippen LogP contribution in [-0.4, -0.2) is 44.0 Å². The van der Waals surface area contributed by atoms with E-state index >= 15 is 0 Å². The number of hydrogen-bond acceptors (Lipinski definition) is 7. The third-order valence-electron chi connectivity index (χ3n) is 7.72. The van der Waals surface area contributed by atoms with Crippen LogP contribution >= 0.6 is 0 Å². The SMILES string of the molecule is O=S(=O)(O)CCCN1/C(=C\C=C\c2oc3ccc(-c4ccccc4)cc3[n+]2CCCS(=O)(=O)O)Oc2ccc(-c3ccccc3)cc21. The van der Waals surface area contributed by atoms with Gasteiger partial charge in [-0.15, -0.1) is 0 Å². The maximum atomic E-state index is 11.5. The average molecular weight is 674 g/mol. The van der Waals surface area contributed by atoms with Gasteiger partial charge < -0.3 is 14.1 Å². The summed E-state index contributed by atoms with van der Waals surface area (Å²) in [5.74, 6) is 0.727. The fourth-order valence-electron chi connectivity index (χ4n) is 5.55. The minimum absolute atomic E-state index is 0.166. The Kier molecular flexibility index (Phi) is 9.28. The molecule has 12 heteroatoms. The van der Waals surface area contributed by atoms with Gasteiger partial charge in [0.1, 0.15) is 0 Å². The Hall–Kier alpha value is -4.75. The lowest BCUT2D eigenvalue weighted by atomic mass is 10.0. The van der Waals surface area contributed by atoms with Gasteiger partial charge in [-0.3, -0.25) is 9.11 Å². The fourth-order valence-corrected chi connectivity index (χ4v) is 6.54. The first-order valence-electron chi connectivity index (χ1n) is 15.0. The molecule has 1 aromatic heterocycles. The lowest BCUT2D eigenvalue weighted by molar-refractivity contribution is -0.677. The van der Waals surface area contributed by atoms with Crippen molar-refractivity contribution in [3.63, 3.8) is 0 Å². The zero-order chi connectivity index (χ0) is 33.0. The van der Waals surface area contributed by atoms with Gasteiger partial charge in [0.2, 0.25) is 11.5 Å². The largest absolute Gasteiger partial charge is 0.439 e. The average Bonchev–Trinajstić information content (AvgIpc) is 3.57. The molecule has 0 aliphatic carbocycles. The Labute approximate surface area is 273 Å². The van der Waals surface area contributed by atoms with E-state index in [1.54, 1.807) is 18.2 Å². The van der Waals surface area contributed by atoms with Crippen molar-refractivity contribution in [1.29, 1.82) is 0 Å². The molecule has 0 saturated carbocycles. The van der Waals surface area contributed by atoms with Gasteiger partial charge in [0.25, 0.3) is 25.8 Å². The van der Waals surface area contributed by atoms with E-state index in [0.29, 0.717) is 23.1 Å². The third kappa shape index (κ3) is 7.98. The molecule has 0 saturated heterocycles. The molecule has 0 fully saturated rings. The normalized spacial score (nSPS) is 14.3. The number of oxazole rings is 1. The van der Waals surface area contributed by atoms with E-state index < -0.39 is 31.7 Å². The van der Waals surface area contributed by atoms with Crippen LogP contribution in [0.1, 0.15) is 18.7 Å². The van der Waals surface area contributed by atoms with Crippen molar-refractivity contribution >= 4 is 43.1 Å². The molecule has 1 aliphatic heterocycles. The van der Waals surface area contributed by atoms with Crippen molar-refractivity contribution in [2.45, 2.75) is 19.4 Å². The minimum Gasteiger partial charge on any atom is -0.439 e. The number of allylic oxidation sites excluding steroid dienone is 2. The van der Waals surface area contributed by atoms with Gasteiger partial charge in [0.15, 0.2) is 12.3 Å². The van der Waals surface area contributed by atoms with Gasteiger partial charge in [-0.05, 0) is 59.0 Å². The first-order chi connectivity index (χ1) is 22.5. The molecule has 2 heterocycles. The second-order valence-electron chi connectivity index (χ2n) is 11.1. The summed E-state index contributed by atoms with van der Waals surface area (Å²) >= 11 is 0. The summed E-state index contributed by atoms with van der Waals surface area (Å²) in [6.45, 7) is 0.542. The molecule has 0 unspecified atom stereocenters. The Morgan fingerprint density at radius 1 is 0.723 bits per heavy atom. The van der Waals surface area contributed by atoms with E-state index in [1.165, 1.54) is 0 Å². The van der Waals surface area contributed by atoms with Crippen molar-refractivity contribution in [1.82, 2.24) is 0 Å². The number of benzene rings is 4. The van der Waals surface area contributed by atoms with Crippen LogP contribution in [0.5, 0.6) is 5.75 Å². The minimum atomic E-state index is -4.14. The Morgan fingerprint density at radius 2 is 1.34 bits per heavy atom. The highest BCUT2D eigenvalue weighted by molar-refractivity contribution is 7.86. The van der Waals surface area contributed by atoms with E-state index in [2.05, 4.69) is 0 Å². The maximum absolute atomic E-state index is 11.5. The first kappa shape index (κ1) is 32.2. The molecule has 0 amide bonds. The number of rotatable bonds is 12. The highest BCUT2D eigenvalue weighted by atomic mass is 32.2. The monoisotopic (exact) mass is 673 g/mol. The molecular weight excluding hydrogens is 641 g/mol. The lowest BCUT2D eigenvalue weighted by Gasteiger charge is -2.18. The van der Waals surface area contributed by atoms with Crippen LogP contribution in [0.2, 0.25) is 0 Å². The van der Waals surface area contributed by atoms with Crippen LogP contribution in [0.15, 0.2) is 120 Å². The topological polar surface area (TPSA) is 138 Å². The molecule has 0 bridgehead atoms. The van der Waals surface area contributed by atoms with Crippen LogP contribution in [0.3, 0.4) is 0 Å². The second-order valence-corrected chi connectivity index (χ2v) is 14.2. The number of hydrogen-bond donors (Lipinski definition) is 2. The zero-order valence-electron chi connectivity index (χ0n) is 25.3. The Bertz CT molecular complexity index is 2180. The van der Waals surface area contributed by atoms with E-state index in [-0.39, 0.29) is 25.9 Å². The number of aromatic nitrogens is 1. The number of aryl methyl sites for hydroxylation is 1. The summed E-state index contributed by atoms with van der Waals surface area (Å²) in [4.78, 5) is 1.86. The molecule has 4 aromatic carbocycles. The van der Waals surface area contributed by atoms with Crippen molar-refractivity contribution in [3.8, 4) is 28.0 Å². The van der Waals surface area contributed by atoms with Crippen LogP contribution in [0.25, 0.3) is 39.4 Å². The number of ether oxygens (including phenoxy) is 1. The lowest BCUT2D eigenvalue weighted by Crippen LogP contribution is -2.36. The standard InChI is InChI=1S/C35H32N2O8S2/c38-46(39,40)22-8-20-36-30-24-28(26-10-3-1-4-11-26)16-18-32(30)44-34(36)14-7-15-35-37(21-9-23-47(41,42)43)31-25-29(17-19-33(31)45-35)27-12-5-2-6-13-27/h1-7,10-19,24-25H,8-9,20-23H2,(H-,38,39,40,41,42,43)/p+1. The van der Waals surface area contributed by atoms with E-state index in [1.807, 2.05) is 107 Å². The van der Waals surface area contributed by atoms with Crippen molar-refractivity contribution in [2.75, 3.05) is 23.0 Å². The third-order valence-corrected chi connectivity index (χ3v) is 9.33. The van der Waals surface area contributed by atoms with E-state index in [4.69, 9.17) is 9.15 Å². The van der Waals surface area contributed by atoms with Gasteiger partial charge in [0, 0.05) is 19.0 Å². The van der Waals surface area contributed by atoms with Gasteiger partial charge in [0.05, 0.1) is 23.3 Å². The highest BCUT2D eigenvalue weighted by Crippen LogP contribution is 2.41. The molecule has 0 spiro atoms. The molecule has 242 valence electrons. The summed E-state index contributed by atoms with van der Waals surface area (Å²) < 4.78 is 78.7. The van der Waals surface area contributed by atoms with Crippen molar-refractivity contribution in [3.05, 3.63) is 121 Å². The van der Waals surface area contributed by atoms with Gasteiger partial charge in [-0.2, -0.15) is 21.4 Å². The van der Waals surface area contributed by atoms with Crippen LogP contribution in [-0.2, 0) is 26.8 Å². The highest BCUT2D eigenvalue weighted by Gasteiger charge is 2.27. The molecule has 1 aliphatic rings. The zero-order valence-corrected chi connectivity index (χ0v) is 26.9. The van der Waals surface area contributed by atoms with Crippen LogP contribution < -0.4 is 14.2 Å². The quantitative estimate of drug-likeness (QED) is 0.114. The Balaban J connectivity index is 1.33.